The molecule has 0 amide bonds. The fourth-order valence-corrected chi connectivity index (χ4v) is 4.63. The van der Waals surface area contributed by atoms with E-state index in [1.807, 2.05) is 24.3 Å². The molecule has 2 heterocycles. The molecule has 1 aliphatic heterocycles. The molecule has 0 bridgehead atoms. The van der Waals surface area contributed by atoms with E-state index in [0.717, 1.165) is 41.5 Å². The molecule has 2 aromatic carbocycles. The van der Waals surface area contributed by atoms with E-state index in [0.29, 0.717) is 18.9 Å². The Morgan fingerprint density at radius 1 is 1.24 bits per heavy atom. The topological polar surface area (TPSA) is 109 Å². The Hall–Kier alpha value is -3.31. The Balaban J connectivity index is 1.76. The van der Waals surface area contributed by atoms with Crippen molar-refractivity contribution in [3.63, 3.8) is 0 Å². The number of ether oxygens (including phenoxy) is 2. The van der Waals surface area contributed by atoms with E-state index >= 15 is 0 Å². The van der Waals surface area contributed by atoms with Gasteiger partial charge in [0.15, 0.2) is 0 Å². The summed E-state index contributed by atoms with van der Waals surface area (Å²) in [5.41, 5.74) is 2.27. The first-order chi connectivity index (χ1) is 18.3. The van der Waals surface area contributed by atoms with E-state index in [-0.39, 0.29) is 35.1 Å². The second-order valence-corrected chi connectivity index (χ2v) is 9.46. The molecule has 1 saturated heterocycles. The van der Waals surface area contributed by atoms with E-state index in [2.05, 4.69) is 10.00 Å². The number of methoxy groups -OCH3 is 1. The number of carbonyl (C=O) groups is 1. The molecule has 1 unspecified atom stereocenters. The van der Waals surface area contributed by atoms with Gasteiger partial charge in [-0.15, -0.1) is 0 Å². The van der Waals surface area contributed by atoms with Gasteiger partial charge < -0.3 is 14.6 Å². The van der Waals surface area contributed by atoms with E-state index in [1.165, 1.54) is 26.2 Å². The largest absolute Gasteiger partial charge is 0.481 e. The highest BCUT2D eigenvalue weighted by Crippen LogP contribution is 2.24. The average molecular weight is 545 g/mol. The lowest BCUT2D eigenvalue weighted by atomic mass is 10.0. The van der Waals surface area contributed by atoms with Crippen LogP contribution >= 0.6 is 11.6 Å². The molecule has 9 nitrogen and oxygen atoms in total. The minimum atomic E-state index is -1.13. The number of benzene rings is 2. The van der Waals surface area contributed by atoms with Gasteiger partial charge in [-0.1, -0.05) is 35.9 Å². The Kier molecular flexibility index (Phi) is 9.11. The summed E-state index contributed by atoms with van der Waals surface area (Å²) in [6.07, 6.45) is 0. The van der Waals surface area contributed by atoms with Crippen LogP contribution in [0, 0.1) is 5.82 Å². The maximum absolute atomic E-state index is 13.6. The molecular formula is C27H30ClFN4O5. The van der Waals surface area contributed by atoms with E-state index in [1.54, 1.807) is 0 Å². The lowest BCUT2D eigenvalue weighted by molar-refractivity contribution is -0.138. The number of carboxylic acids is 1. The van der Waals surface area contributed by atoms with Crippen LogP contribution in [0.3, 0.4) is 0 Å². The molecule has 11 heteroatoms. The van der Waals surface area contributed by atoms with Gasteiger partial charge in [-0.3, -0.25) is 24.6 Å². The number of hydrogen-bond acceptors (Lipinski definition) is 6. The van der Waals surface area contributed by atoms with Crippen molar-refractivity contribution in [1.29, 1.82) is 0 Å². The average Bonchev–Trinajstić information content (AvgIpc) is 3.23. The molecule has 0 spiro atoms. The van der Waals surface area contributed by atoms with E-state index < -0.39 is 23.3 Å². The van der Waals surface area contributed by atoms with Crippen molar-refractivity contribution >= 4 is 23.3 Å². The number of H-pyrrole nitrogens is 1. The number of aliphatic imine (C=N–C) groups is 1. The molecule has 0 radical (unpaired) electrons. The zero-order valence-electron chi connectivity index (χ0n) is 21.2. The fourth-order valence-electron chi connectivity index (χ4n) is 4.38. The number of carboxylic acid groups (broad SMARTS) is 1. The second kappa shape index (κ2) is 12.5. The third kappa shape index (κ3) is 6.21. The third-order valence-electron chi connectivity index (χ3n) is 6.50. The summed E-state index contributed by atoms with van der Waals surface area (Å²) in [5.74, 6) is -2.75. The van der Waals surface area contributed by atoms with Crippen LogP contribution in [0.25, 0.3) is 5.69 Å². The number of halogens is 2. The van der Waals surface area contributed by atoms with Gasteiger partial charge in [0.05, 0.1) is 60.0 Å². The van der Waals surface area contributed by atoms with Gasteiger partial charge in [-0.05, 0) is 36.2 Å². The predicted octanol–water partition coefficient (Wildman–Crippen LogP) is 3.61. The van der Waals surface area contributed by atoms with Gasteiger partial charge in [-0.25, -0.2) is 9.07 Å². The molecule has 1 aliphatic rings. The van der Waals surface area contributed by atoms with Crippen LogP contribution in [-0.2, 0) is 27.4 Å². The first kappa shape index (κ1) is 27.7. The molecule has 3 aromatic rings. The maximum atomic E-state index is 13.6. The number of aromatic amines is 1. The summed E-state index contributed by atoms with van der Waals surface area (Å²) in [6.45, 7) is 5.54. The van der Waals surface area contributed by atoms with Crippen molar-refractivity contribution in [2.24, 2.45) is 4.99 Å². The lowest BCUT2D eigenvalue weighted by Gasteiger charge is -2.27. The number of morpholine rings is 1. The summed E-state index contributed by atoms with van der Waals surface area (Å²) in [5, 5.41) is 12.6. The van der Waals surface area contributed by atoms with Crippen molar-refractivity contribution < 1.29 is 23.8 Å². The van der Waals surface area contributed by atoms with Crippen LogP contribution in [0.4, 0.5) is 4.39 Å². The molecular weight excluding hydrogens is 515 g/mol. The maximum Gasteiger partial charge on any atom is 0.312 e. The first-order valence-corrected chi connectivity index (χ1v) is 12.6. The highest BCUT2D eigenvalue weighted by atomic mass is 35.5. The van der Waals surface area contributed by atoms with Crippen LogP contribution in [0.15, 0.2) is 52.3 Å². The molecule has 0 saturated carbocycles. The van der Waals surface area contributed by atoms with Crippen LogP contribution in [0.5, 0.6) is 0 Å². The highest BCUT2D eigenvalue weighted by Gasteiger charge is 2.28. The molecule has 1 fully saturated rings. The third-order valence-corrected chi connectivity index (χ3v) is 6.80. The Morgan fingerprint density at radius 3 is 2.61 bits per heavy atom. The van der Waals surface area contributed by atoms with Gasteiger partial charge in [0, 0.05) is 26.7 Å². The number of rotatable bonds is 10. The molecule has 202 valence electrons. The number of hydrogen-bond donors (Lipinski definition) is 2. The quantitative estimate of drug-likeness (QED) is 0.377. The molecule has 4 rings (SSSR count). The normalized spacial score (nSPS) is 15.5. The summed E-state index contributed by atoms with van der Waals surface area (Å²) >= 11 is 6.22. The van der Waals surface area contributed by atoms with Crippen molar-refractivity contribution in [2.75, 3.05) is 40.0 Å². The number of aliphatic carboxylic acids is 1. The van der Waals surface area contributed by atoms with Gasteiger partial charge >= 0.3 is 5.97 Å². The van der Waals surface area contributed by atoms with E-state index in [9.17, 15) is 19.1 Å². The number of aromatic nitrogens is 2. The zero-order chi connectivity index (χ0) is 27.2. The molecule has 0 aliphatic carbocycles. The molecule has 38 heavy (non-hydrogen) atoms. The van der Waals surface area contributed by atoms with Gasteiger partial charge in [-0.2, -0.15) is 0 Å². The summed E-state index contributed by atoms with van der Waals surface area (Å²) in [6, 6.07) is 11.5. The van der Waals surface area contributed by atoms with E-state index in [4.69, 9.17) is 26.1 Å². The van der Waals surface area contributed by atoms with Gasteiger partial charge in [0.1, 0.15) is 5.82 Å². The van der Waals surface area contributed by atoms with Gasteiger partial charge in [0.25, 0.3) is 5.56 Å². The van der Waals surface area contributed by atoms with Gasteiger partial charge in [0.2, 0.25) is 0 Å². The molecule has 1 aromatic heterocycles. The Morgan fingerprint density at radius 2 is 1.95 bits per heavy atom. The monoisotopic (exact) mass is 544 g/mol. The van der Waals surface area contributed by atoms with Crippen LogP contribution in [-0.4, -0.2) is 71.5 Å². The van der Waals surface area contributed by atoms with Crippen LogP contribution in [0.1, 0.15) is 35.2 Å². The SMILES string of the molecule is COCC(=NCc1ccccc1CN1CCOCC1)c1c(C(C)C(=O)O)[nH]n(-c2ccc(F)cc2Cl)c1=O. The predicted molar refractivity (Wildman–Crippen MR) is 142 cm³/mol. The molecule has 2 N–H and O–H groups in total. The summed E-state index contributed by atoms with van der Waals surface area (Å²) in [4.78, 5) is 32.6. The smallest absolute Gasteiger partial charge is 0.312 e. The minimum absolute atomic E-state index is 0.00306. The van der Waals surface area contributed by atoms with Crippen molar-refractivity contribution in [1.82, 2.24) is 14.7 Å². The standard InChI is InChI=1S/C27H30ClFN4O5/c1-17(27(35)36)25-24(26(34)33(31-25)23-8-7-20(29)13-21(23)28)22(16-37-2)30-14-18-5-3-4-6-19(18)15-32-9-11-38-12-10-32/h3-8,13,17,31H,9-12,14-16H2,1-2H3,(H,35,36). The van der Waals surface area contributed by atoms with Crippen molar-refractivity contribution in [2.45, 2.75) is 25.9 Å². The van der Waals surface area contributed by atoms with Crippen LogP contribution < -0.4 is 5.56 Å². The summed E-state index contributed by atoms with van der Waals surface area (Å²) in [7, 11) is 1.48. The first-order valence-electron chi connectivity index (χ1n) is 12.2. The van der Waals surface area contributed by atoms with Crippen molar-refractivity contribution in [3.05, 3.63) is 86.0 Å². The number of nitrogens with zero attached hydrogens (tertiary/aromatic N) is 3. The molecule has 1 atom stereocenters. The van der Waals surface area contributed by atoms with Crippen LogP contribution in [0.2, 0.25) is 5.02 Å². The summed E-state index contributed by atoms with van der Waals surface area (Å²) < 4.78 is 25.6. The fraction of sp³-hybridized carbons (Fsp3) is 0.370. The second-order valence-electron chi connectivity index (χ2n) is 9.05. The Bertz CT molecular complexity index is 1380. The lowest BCUT2D eigenvalue weighted by Crippen LogP contribution is -2.35. The highest BCUT2D eigenvalue weighted by molar-refractivity contribution is 6.32. The van der Waals surface area contributed by atoms with Crippen molar-refractivity contribution in [3.8, 4) is 5.69 Å². The zero-order valence-corrected chi connectivity index (χ0v) is 22.0. The Labute approximate surface area is 224 Å². The number of nitrogens with one attached hydrogen (secondary N) is 1. The minimum Gasteiger partial charge on any atom is -0.481 e.